The van der Waals surface area contributed by atoms with Crippen molar-refractivity contribution in [2.24, 2.45) is 0 Å². The van der Waals surface area contributed by atoms with E-state index in [9.17, 15) is 4.39 Å². The van der Waals surface area contributed by atoms with Gasteiger partial charge in [0.2, 0.25) is 5.95 Å². The van der Waals surface area contributed by atoms with E-state index in [1.807, 2.05) is 10.8 Å². The molecule has 0 radical (unpaired) electrons. The molecule has 0 bridgehead atoms. The fourth-order valence-corrected chi connectivity index (χ4v) is 1.72. The van der Waals surface area contributed by atoms with Gasteiger partial charge in [0, 0.05) is 24.5 Å². The van der Waals surface area contributed by atoms with Gasteiger partial charge in [0.25, 0.3) is 0 Å². The second-order valence-electron chi connectivity index (χ2n) is 4.22. The summed E-state index contributed by atoms with van der Waals surface area (Å²) in [6.07, 6.45) is 3.61. The molecule has 5 heteroatoms. The van der Waals surface area contributed by atoms with Crippen molar-refractivity contribution in [2.45, 2.75) is 19.9 Å². The molecule has 0 atom stereocenters. The van der Waals surface area contributed by atoms with Crippen molar-refractivity contribution in [3.05, 3.63) is 36.4 Å². The molecule has 1 N–H and O–H groups in total. The molecule has 4 nitrogen and oxygen atoms in total. The van der Waals surface area contributed by atoms with E-state index in [0.717, 1.165) is 0 Å². The largest absolute Gasteiger partial charge is 0.494 e. The fraction of sp³-hybridized carbons (Fsp3) is 0.308. The molecule has 0 aliphatic heterocycles. The molecule has 0 saturated carbocycles. The van der Waals surface area contributed by atoms with Crippen LogP contribution >= 0.6 is 0 Å². The molecule has 1 aromatic carbocycles. The van der Waals surface area contributed by atoms with Gasteiger partial charge in [-0.2, -0.15) is 0 Å². The van der Waals surface area contributed by atoms with Crippen molar-refractivity contribution in [3.63, 3.8) is 0 Å². The molecule has 96 valence electrons. The third kappa shape index (κ3) is 2.45. The smallest absolute Gasteiger partial charge is 0.207 e. The zero-order valence-corrected chi connectivity index (χ0v) is 10.6. The normalized spacial score (nSPS) is 10.7. The molecule has 1 heterocycles. The predicted molar refractivity (Wildman–Crippen MR) is 68.8 cm³/mol. The average molecular weight is 249 g/mol. The van der Waals surface area contributed by atoms with Crippen LogP contribution in [0.5, 0.6) is 5.75 Å². The molecule has 0 aliphatic carbocycles. The SMILES string of the molecule is COc1cc(F)ccc1Nc1nccn1C(C)C. The van der Waals surface area contributed by atoms with E-state index in [2.05, 4.69) is 24.1 Å². The van der Waals surface area contributed by atoms with Gasteiger partial charge < -0.3 is 14.6 Å². The van der Waals surface area contributed by atoms with Gasteiger partial charge in [-0.3, -0.25) is 0 Å². The fourth-order valence-electron chi connectivity index (χ4n) is 1.72. The monoisotopic (exact) mass is 249 g/mol. The lowest BCUT2D eigenvalue weighted by atomic mass is 10.3. The Kier molecular flexibility index (Phi) is 3.50. The van der Waals surface area contributed by atoms with Crippen LogP contribution in [0.4, 0.5) is 16.0 Å². The Morgan fingerprint density at radius 2 is 2.17 bits per heavy atom. The number of imidazole rings is 1. The first-order valence-electron chi connectivity index (χ1n) is 5.75. The molecule has 0 fully saturated rings. The van der Waals surface area contributed by atoms with Crippen molar-refractivity contribution in [1.29, 1.82) is 0 Å². The molecule has 2 rings (SSSR count). The summed E-state index contributed by atoms with van der Waals surface area (Å²) in [6.45, 7) is 4.13. The second kappa shape index (κ2) is 5.08. The van der Waals surface area contributed by atoms with Crippen LogP contribution in [0.25, 0.3) is 0 Å². The minimum atomic E-state index is -0.329. The molecular weight excluding hydrogens is 233 g/mol. The Hall–Kier alpha value is -2.04. The summed E-state index contributed by atoms with van der Waals surface area (Å²) >= 11 is 0. The van der Waals surface area contributed by atoms with Gasteiger partial charge in [0.05, 0.1) is 12.8 Å². The second-order valence-corrected chi connectivity index (χ2v) is 4.22. The lowest BCUT2D eigenvalue weighted by molar-refractivity contribution is 0.413. The first-order chi connectivity index (χ1) is 8.61. The van der Waals surface area contributed by atoms with E-state index in [-0.39, 0.29) is 5.82 Å². The van der Waals surface area contributed by atoms with Gasteiger partial charge in [-0.25, -0.2) is 9.37 Å². The van der Waals surface area contributed by atoms with E-state index in [0.29, 0.717) is 23.4 Å². The van der Waals surface area contributed by atoms with Crippen molar-refractivity contribution < 1.29 is 9.13 Å². The van der Waals surface area contributed by atoms with E-state index >= 15 is 0 Å². The number of methoxy groups -OCH3 is 1. The van der Waals surface area contributed by atoms with Crippen LogP contribution in [-0.4, -0.2) is 16.7 Å². The number of hydrogen-bond acceptors (Lipinski definition) is 3. The summed E-state index contributed by atoms with van der Waals surface area (Å²) in [4.78, 5) is 4.23. The van der Waals surface area contributed by atoms with Crippen LogP contribution in [0, 0.1) is 5.82 Å². The summed E-state index contributed by atoms with van der Waals surface area (Å²) in [5.41, 5.74) is 0.687. The van der Waals surface area contributed by atoms with Gasteiger partial charge >= 0.3 is 0 Å². The number of aromatic nitrogens is 2. The van der Waals surface area contributed by atoms with Crippen LogP contribution in [0.1, 0.15) is 19.9 Å². The Balaban J connectivity index is 2.31. The van der Waals surface area contributed by atoms with Crippen molar-refractivity contribution in [2.75, 3.05) is 12.4 Å². The van der Waals surface area contributed by atoms with Crippen LogP contribution in [0.15, 0.2) is 30.6 Å². The maximum absolute atomic E-state index is 13.1. The lowest BCUT2D eigenvalue weighted by Gasteiger charge is -2.14. The zero-order valence-electron chi connectivity index (χ0n) is 10.6. The number of benzene rings is 1. The molecule has 0 unspecified atom stereocenters. The van der Waals surface area contributed by atoms with Gasteiger partial charge in [0.1, 0.15) is 11.6 Å². The predicted octanol–water partition coefficient (Wildman–Crippen LogP) is 3.36. The Labute approximate surface area is 105 Å². The minimum absolute atomic E-state index is 0.293. The molecule has 1 aromatic heterocycles. The van der Waals surface area contributed by atoms with E-state index in [1.54, 1.807) is 12.3 Å². The number of halogens is 1. The maximum atomic E-state index is 13.1. The first-order valence-corrected chi connectivity index (χ1v) is 5.75. The summed E-state index contributed by atoms with van der Waals surface area (Å²) in [7, 11) is 1.51. The highest BCUT2D eigenvalue weighted by molar-refractivity contribution is 5.62. The number of nitrogens with zero attached hydrogens (tertiary/aromatic N) is 2. The number of ether oxygens (including phenoxy) is 1. The molecule has 0 saturated heterocycles. The van der Waals surface area contributed by atoms with Crippen LogP contribution < -0.4 is 10.1 Å². The molecule has 2 aromatic rings. The summed E-state index contributed by atoms with van der Waals surface area (Å²) < 4.78 is 20.2. The van der Waals surface area contributed by atoms with Crippen LogP contribution in [0.3, 0.4) is 0 Å². The number of rotatable bonds is 4. The molecule has 0 spiro atoms. The Morgan fingerprint density at radius 1 is 1.39 bits per heavy atom. The van der Waals surface area contributed by atoms with Gasteiger partial charge in [-0.05, 0) is 26.0 Å². The molecular formula is C13H16FN3O. The lowest BCUT2D eigenvalue weighted by Crippen LogP contribution is -2.06. The van der Waals surface area contributed by atoms with Crippen molar-refractivity contribution >= 4 is 11.6 Å². The van der Waals surface area contributed by atoms with Crippen molar-refractivity contribution in [1.82, 2.24) is 9.55 Å². The van der Waals surface area contributed by atoms with Crippen molar-refractivity contribution in [3.8, 4) is 5.75 Å². The Morgan fingerprint density at radius 3 is 2.83 bits per heavy atom. The topological polar surface area (TPSA) is 39.1 Å². The third-order valence-electron chi connectivity index (χ3n) is 2.64. The highest BCUT2D eigenvalue weighted by atomic mass is 19.1. The van der Waals surface area contributed by atoms with Crippen LogP contribution in [0.2, 0.25) is 0 Å². The summed E-state index contributed by atoms with van der Waals surface area (Å²) in [6, 6.07) is 4.65. The standard InChI is InChI=1S/C13H16FN3O/c1-9(2)17-7-6-15-13(17)16-11-5-4-10(14)8-12(11)18-3/h4-9H,1-3H3,(H,15,16). The minimum Gasteiger partial charge on any atom is -0.494 e. The molecule has 0 aliphatic rings. The van der Waals surface area contributed by atoms with E-state index < -0.39 is 0 Å². The highest BCUT2D eigenvalue weighted by Gasteiger charge is 2.09. The quantitative estimate of drug-likeness (QED) is 0.903. The summed E-state index contributed by atoms with van der Waals surface area (Å²) in [5.74, 6) is 0.827. The third-order valence-corrected chi connectivity index (χ3v) is 2.64. The van der Waals surface area contributed by atoms with E-state index in [4.69, 9.17) is 4.74 Å². The number of anilines is 2. The zero-order chi connectivity index (χ0) is 13.1. The highest BCUT2D eigenvalue weighted by Crippen LogP contribution is 2.28. The number of nitrogens with one attached hydrogen (secondary N) is 1. The Bertz CT molecular complexity index is 537. The van der Waals surface area contributed by atoms with Gasteiger partial charge in [0.15, 0.2) is 0 Å². The van der Waals surface area contributed by atoms with E-state index in [1.165, 1.54) is 19.2 Å². The number of hydrogen-bond donors (Lipinski definition) is 1. The average Bonchev–Trinajstić information content (AvgIpc) is 2.79. The molecule has 18 heavy (non-hydrogen) atoms. The molecule has 0 amide bonds. The van der Waals surface area contributed by atoms with Crippen LogP contribution in [-0.2, 0) is 0 Å². The van der Waals surface area contributed by atoms with Gasteiger partial charge in [-0.15, -0.1) is 0 Å². The summed E-state index contributed by atoms with van der Waals surface area (Å²) in [5, 5.41) is 3.14. The maximum Gasteiger partial charge on any atom is 0.207 e. The first kappa shape index (κ1) is 12.4. The van der Waals surface area contributed by atoms with Gasteiger partial charge in [-0.1, -0.05) is 0 Å².